The van der Waals surface area contributed by atoms with Crippen LogP contribution in [0.3, 0.4) is 0 Å². The number of hydrogen-bond donors (Lipinski definition) is 7. The molecule has 2 heterocycles. The van der Waals surface area contributed by atoms with Crippen LogP contribution < -0.4 is 0 Å². The number of hydrogen-bond acceptors (Lipinski definition) is 11. The van der Waals surface area contributed by atoms with E-state index in [0.29, 0.717) is 12.8 Å². The molecule has 0 bridgehead atoms. The van der Waals surface area contributed by atoms with Crippen molar-refractivity contribution >= 4 is 0 Å². The van der Waals surface area contributed by atoms with E-state index in [4.69, 9.17) is 18.9 Å². The average Bonchev–Trinajstić information content (AvgIpc) is 2.78. The minimum absolute atomic E-state index is 0.527. The van der Waals surface area contributed by atoms with Crippen LogP contribution in [0.5, 0.6) is 0 Å². The van der Waals surface area contributed by atoms with Gasteiger partial charge in [-0.1, -0.05) is 17.7 Å². The van der Waals surface area contributed by atoms with E-state index in [9.17, 15) is 35.7 Å². The molecule has 0 spiro atoms. The predicted octanol–water partition coefficient (Wildman–Crippen LogP) is -1.68. The van der Waals surface area contributed by atoms with E-state index in [1.165, 1.54) is 0 Å². The molecular formula is C22H38O11. The quantitative estimate of drug-likeness (QED) is 0.178. The van der Waals surface area contributed by atoms with Gasteiger partial charge >= 0.3 is 0 Å². The number of aliphatic hydroxyl groups excluding tert-OH is 7. The molecule has 0 saturated carbocycles. The van der Waals surface area contributed by atoms with Crippen LogP contribution >= 0.6 is 0 Å². The van der Waals surface area contributed by atoms with Crippen molar-refractivity contribution in [1.29, 1.82) is 0 Å². The standard InChI is InChI=1S/C22H38O11/c1-5-22(4,8-6-7-11(2)3)33-21-18(29)16(27)19(13(10-24)31-21)32-20-17(28)15(26)14(25)12(9-23)30-20/h5,7,12-21,23-29H,1,6,8-10H2,2-4H3/t12-,13-,14-,15+,16-,17-,18-,19-,20-,21+,22?/m1/s1. The molecule has 2 rings (SSSR count). The zero-order valence-electron chi connectivity index (χ0n) is 19.2. The Hall–Kier alpha value is -0.960. The fraction of sp³-hybridized carbons (Fsp3) is 0.818. The summed E-state index contributed by atoms with van der Waals surface area (Å²) < 4.78 is 22.4. The summed E-state index contributed by atoms with van der Waals surface area (Å²) in [5.74, 6) is 0. The first-order valence-corrected chi connectivity index (χ1v) is 11.0. The first-order chi connectivity index (χ1) is 15.5. The summed E-state index contributed by atoms with van der Waals surface area (Å²) in [6.45, 7) is 8.18. The summed E-state index contributed by atoms with van der Waals surface area (Å²) >= 11 is 0. The van der Waals surface area contributed by atoms with Gasteiger partial charge in [0.15, 0.2) is 12.6 Å². The van der Waals surface area contributed by atoms with Crippen LogP contribution in [0.2, 0.25) is 0 Å². The normalized spacial score (nSPS) is 41.3. The summed E-state index contributed by atoms with van der Waals surface area (Å²) in [6, 6.07) is 0. The predicted molar refractivity (Wildman–Crippen MR) is 115 cm³/mol. The highest BCUT2D eigenvalue weighted by Gasteiger charge is 2.51. The van der Waals surface area contributed by atoms with E-state index < -0.39 is 80.2 Å². The third-order valence-corrected chi connectivity index (χ3v) is 5.97. The molecule has 0 radical (unpaired) electrons. The first-order valence-electron chi connectivity index (χ1n) is 11.0. The zero-order valence-corrected chi connectivity index (χ0v) is 19.2. The van der Waals surface area contributed by atoms with Crippen LogP contribution in [0.15, 0.2) is 24.3 Å². The second-order valence-electron chi connectivity index (χ2n) is 8.96. The maximum Gasteiger partial charge on any atom is 0.187 e. The van der Waals surface area contributed by atoms with Crippen molar-refractivity contribution in [2.24, 2.45) is 0 Å². The summed E-state index contributed by atoms with van der Waals surface area (Å²) in [5.41, 5.74) is 0.238. The topological polar surface area (TPSA) is 179 Å². The Balaban J connectivity index is 2.11. The molecule has 33 heavy (non-hydrogen) atoms. The van der Waals surface area contributed by atoms with E-state index in [1.807, 2.05) is 19.9 Å². The zero-order chi connectivity index (χ0) is 24.9. The molecule has 2 saturated heterocycles. The number of ether oxygens (including phenoxy) is 4. The van der Waals surface area contributed by atoms with Crippen molar-refractivity contribution in [3.8, 4) is 0 Å². The summed E-state index contributed by atoms with van der Waals surface area (Å²) in [4.78, 5) is 0. The van der Waals surface area contributed by atoms with Crippen LogP contribution in [0.1, 0.15) is 33.6 Å². The lowest BCUT2D eigenvalue weighted by atomic mass is 9.95. The lowest BCUT2D eigenvalue weighted by molar-refractivity contribution is -0.365. The first kappa shape index (κ1) is 28.3. The summed E-state index contributed by atoms with van der Waals surface area (Å²) in [5, 5.41) is 70.5. The summed E-state index contributed by atoms with van der Waals surface area (Å²) in [7, 11) is 0. The highest BCUT2D eigenvalue weighted by molar-refractivity contribution is 5.01. The summed E-state index contributed by atoms with van der Waals surface area (Å²) in [6.07, 6.45) is -10.1. The second kappa shape index (κ2) is 12.1. The largest absolute Gasteiger partial charge is 0.394 e. The van der Waals surface area contributed by atoms with E-state index in [2.05, 4.69) is 6.58 Å². The number of aliphatic hydroxyl groups is 7. The fourth-order valence-electron chi connectivity index (χ4n) is 3.77. The smallest absolute Gasteiger partial charge is 0.187 e. The maximum absolute atomic E-state index is 10.7. The van der Waals surface area contributed by atoms with Crippen molar-refractivity contribution in [3.05, 3.63) is 24.3 Å². The van der Waals surface area contributed by atoms with Gasteiger partial charge < -0.3 is 54.7 Å². The molecule has 11 nitrogen and oxygen atoms in total. The second-order valence-corrected chi connectivity index (χ2v) is 8.96. The van der Waals surface area contributed by atoms with Crippen LogP contribution in [-0.4, -0.2) is 116 Å². The Bertz CT molecular complexity index is 650. The molecule has 2 aliphatic rings. The molecule has 0 aromatic rings. The van der Waals surface area contributed by atoms with Gasteiger partial charge in [0.25, 0.3) is 0 Å². The van der Waals surface area contributed by atoms with E-state index in [-0.39, 0.29) is 0 Å². The molecule has 0 amide bonds. The van der Waals surface area contributed by atoms with Crippen molar-refractivity contribution in [2.45, 2.75) is 101 Å². The van der Waals surface area contributed by atoms with Gasteiger partial charge in [-0.15, -0.1) is 6.58 Å². The molecule has 0 aromatic heterocycles. The molecule has 0 aliphatic carbocycles. The fourth-order valence-corrected chi connectivity index (χ4v) is 3.77. The Kier molecular flexibility index (Phi) is 10.4. The molecule has 11 heteroatoms. The van der Waals surface area contributed by atoms with Crippen LogP contribution in [0.4, 0.5) is 0 Å². The van der Waals surface area contributed by atoms with Gasteiger partial charge in [0.05, 0.1) is 18.8 Å². The highest BCUT2D eigenvalue weighted by atomic mass is 16.7. The molecule has 11 atom stereocenters. The van der Waals surface area contributed by atoms with E-state index in [0.717, 1.165) is 5.57 Å². The minimum atomic E-state index is -1.72. The Labute approximate surface area is 193 Å². The maximum atomic E-state index is 10.7. The third kappa shape index (κ3) is 6.80. The Morgan fingerprint density at radius 3 is 2.00 bits per heavy atom. The van der Waals surface area contributed by atoms with Crippen LogP contribution in [0.25, 0.3) is 0 Å². The Morgan fingerprint density at radius 1 is 0.879 bits per heavy atom. The van der Waals surface area contributed by atoms with Crippen molar-refractivity contribution < 1.29 is 54.7 Å². The van der Waals surface area contributed by atoms with Crippen molar-refractivity contribution in [2.75, 3.05) is 13.2 Å². The molecular weight excluding hydrogens is 440 g/mol. The highest BCUT2D eigenvalue weighted by Crippen LogP contribution is 2.32. The van der Waals surface area contributed by atoms with E-state index >= 15 is 0 Å². The molecule has 7 N–H and O–H groups in total. The number of rotatable bonds is 10. The van der Waals surface area contributed by atoms with Crippen molar-refractivity contribution in [3.63, 3.8) is 0 Å². The van der Waals surface area contributed by atoms with Gasteiger partial charge in [-0.2, -0.15) is 0 Å². The molecule has 2 fully saturated rings. The van der Waals surface area contributed by atoms with E-state index in [1.54, 1.807) is 13.0 Å². The van der Waals surface area contributed by atoms with Gasteiger partial charge in [0.1, 0.15) is 48.8 Å². The monoisotopic (exact) mass is 478 g/mol. The van der Waals surface area contributed by atoms with Gasteiger partial charge in [-0.05, 0) is 33.6 Å². The SMILES string of the molecule is C=CC(C)(CCC=C(C)C)O[C@@H]1O[C@H](CO)[C@@H](O[C@H]2O[C@H](CO)[C@@H](O)[C@H](O)[C@H]2O)[C@H](O)[C@H]1O. The van der Waals surface area contributed by atoms with Crippen LogP contribution in [-0.2, 0) is 18.9 Å². The Morgan fingerprint density at radius 2 is 1.45 bits per heavy atom. The number of allylic oxidation sites excluding steroid dienone is 2. The van der Waals surface area contributed by atoms with Crippen LogP contribution in [0, 0.1) is 0 Å². The average molecular weight is 479 g/mol. The molecule has 192 valence electrons. The third-order valence-electron chi connectivity index (χ3n) is 5.97. The van der Waals surface area contributed by atoms with Gasteiger partial charge in [0, 0.05) is 0 Å². The van der Waals surface area contributed by atoms with Gasteiger partial charge in [0.2, 0.25) is 0 Å². The van der Waals surface area contributed by atoms with Gasteiger partial charge in [-0.25, -0.2) is 0 Å². The molecule has 2 aliphatic heterocycles. The van der Waals surface area contributed by atoms with Gasteiger partial charge in [-0.3, -0.25) is 0 Å². The molecule has 0 aromatic carbocycles. The lowest BCUT2D eigenvalue weighted by Crippen LogP contribution is -2.65. The molecule has 1 unspecified atom stereocenters. The minimum Gasteiger partial charge on any atom is -0.394 e. The lowest BCUT2D eigenvalue weighted by Gasteiger charge is -2.47. The van der Waals surface area contributed by atoms with Crippen molar-refractivity contribution in [1.82, 2.24) is 0 Å².